The van der Waals surface area contributed by atoms with Crippen molar-refractivity contribution < 1.29 is 4.79 Å². The van der Waals surface area contributed by atoms with Crippen LogP contribution in [0.25, 0.3) is 0 Å². The molecule has 23 heavy (non-hydrogen) atoms. The zero-order valence-corrected chi connectivity index (χ0v) is 15.1. The molecule has 3 rings (SSSR count). The maximum Gasteiger partial charge on any atom is 0.241 e. The zero-order valence-electron chi connectivity index (χ0n) is 13.4. The number of benzene rings is 1. The van der Waals surface area contributed by atoms with Crippen molar-refractivity contribution in [1.82, 2.24) is 10.2 Å². The van der Waals surface area contributed by atoms with E-state index in [1.165, 1.54) is 37.9 Å². The van der Waals surface area contributed by atoms with Crippen LogP contribution in [0.1, 0.15) is 37.7 Å². The van der Waals surface area contributed by atoms with E-state index in [0.717, 1.165) is 31.6 Å². The molecule has 0 unspecified atom stereocenters. The van der Waals surface area contributed by atoms with Gasteiger partial charge in [0.1, 0.15) is 0 Å². The van der Waals surface area contributed by atoms with E-state index < -0.39 is 0 Å². The molecule has 0 bridgehead atoms. The van der Waals surface area contributed by atoms with E-state index in [0.29, 0.717) is 0 Å². The van der Waals surface area contributed by atoms with Gasteiger partial charge in [0.15, 0.2) is 0 Å². The SMILES string of the molecule is Cl.Cl.O=C(Nc1ccccc1CN1CCCC1)[C@H]1CCCCN1. The van der Waals surface area contributed by atoms with E-state index >= 15 is 0 Å². The molecule has 1 amide bonds. The molecule has 2 saturated heterocycles. The van der Waals surface area contributed by atoms with Gasteiger partial charge in [0.05, 0.1) is 6.04 Å². The maximum absolute atomic E-state index is 12.4. The zero-order chi connectivity index (χ0) is 14.5. The van der Waals surface area contributed by atoms with Gasteiger partial charge in [0, 0.05) is 12.2 Å². The van der Waals surface area contributed by atoms with E-state index in [2.05, 4.69) is 27.7 Å². The Kier molecular flexibility index (Phi) is 8.92. The van der Waals surface area contributed by atoms with Crippen molar-refractivity contribution in [1.29, 1.82) is 0 Å². The number of piperidine rings is 1. The Morgan fingerprint density at radius 2 is 1.87 bits per heavy atom. The van der Waals surface area contributed by atoms with Gasteiger partial charge in [-0.1, -0.05) is 24.6 Å². The first-order valence-electron chi connectivity index (χ1n) is 8.17. The first-order chi connectivity index (χ1) is 10.3. The topological polar surface area (TPSA) is 44.4 Å². The smallest absolute Gasteiger partial charge is 0.241 e. The van der Waals surface area contributed by atoms with Gasteiger partial charge in [-0.25, -0.2) is 0 Å². The summed E-state index contributed by atoms with van der Waals surface area (Å²) < 4.78 is 0. The van der Waals surface area contributed by atoms with E-state index in [9.17, 15) is 4.79 Å². The fourth-order valence-electron chi connectivity index (χ4n) is 3.26. The number of carbonyl (C=O) groups excluding carboxylic acids is 1. The number of hydrogen-bond acceptors (Lipinski definition) is 3. The number of amides is 1. The summed E-state index contributed by atoms with van der Waals surface area (Å²) >= 11 is 0. The standard InChI is InChI=1S/C17H25N3O.2ClH/c21-17(16-9-3-4-10-18-16)19-15-8-2-1-7-14(15)13-20-11-5-6-12-20;;/h1-2,7-8,16,18H,3-6,9-13H2,(H,19,21);2*1H/t16-;;/m1../s1. The average Bonchev–Trinajstić information content (AvgIpc) is 3.03. The number of rotatable bonds is 4. The van der Waals surface area contributed by atoms with Crippen LogP contribution in [-0.4, -0.2) is 36.5 Å². The van der Waals surface area contributed by atoms with Crippen LogP contribution in [0.5, 0.6) is 0 Å². The lowest BCUT2D eigenvalue weighted by Gasteiger charge is -2.24. The molecule has 1 aromatic carbocycles. The Labute approximate surface area is 151 Å². The van der Waals surface area contributed by atoms with Crippen LogP contribution >= 0.6 is 24.8 Å². The predicted molar refractivity (Wildman–Crippen MR) is 99.7 cm³/mol. The van der Waals surface area contributed by atoms with E-state index in [-0.39, 0.29) is 36.8 Å². The van der Waals surface area contributed by atoms with E-state index in [1.54, 1.807) is 0 Å². The summed E-state index contributed by atoms with van der Waals surface area (Å²) in [5, 5.41) is 6.44. The van der Waals surface area contributed by atoms with Crippen LogP contribution in [0.3, 0.4) is 0 Å². The Bertz CT molecular complexity index is 486. The van der Waals surface area contributed by atoms with Crippen molar-refractivity contribution in [2.24, 2.45) is 0 Å². The van der Waals surface area contributed by atoms with Crippen LogP contribution in [0, 0.1) is 0 Å². The molecule has 2 heterocycles. The van der Waals surface area contributed by atoms with E-state index in [4.69, 9.17) is 0 Å². The molecule has 0 radical (unpaired) electrons. The fraction of sp³-hybridized carbons (Fsp3) is 0.588. The fourth-order valence-corrected chi connectivity index (χ4v) is 3.26. The number of likely N-dealkylation sites (tertiary alicyclic amines) is 1. The lowest BCUT2D eigenvalue weighted by molar-refractivity contribution is -0.118. The molecule has 6 heteroatoms. The Morgan fingerprint density at radius 3 is 2.57 bits per heavy atom. The van der Waals surface area contributed by atoms with Gasteiger partial charge in [-0.05, 0) is 56.9 Å². The minimum absolute atomic E-state index is 0. The van der Waals surface area contributed by atoms with Crippen molar-refractivity contribution in [2.75, 3.05) is 25.0 Å². The van der Waals surface area contributed by atoms with Crippen LogP contribution < -0.4 is 10.6 Å². The molecule has 0 aromatic heterocycles. The Hall–Kier alpha value is -0.810. The van der Waals surface area contributed by atoms with Crippen molar-refractivity contribution >= 4 is 36.4 Å². The molecule has 2 N–H and O–H groups in total. The number of carbonyl (C=O) groups is 1. The summed E-state index contributed by atoms with van der Waals surface area (Å²) in [7, 11) is 0. The molecule has 0 spiro atoms. The number of nitrogens with zero attached hydrogens (tertiary/aromatic N) is 1. The summed E-state index contributed by atoms with van der Waals surface area (Å²) in [5.41, 5.74) is 2.20. The van der Waals surface area contributed by atoms with E-state index in [1.807, 2.05) is 12.1 Å². The van der Waals surface area contributed by atoms with Crippen molar-refractivity contribution in [3.05, 3.63) is 29.8 Å². The van der Waals surface area contributed by atoms with Crippen molar-refractivity contribution in [3.8, 4) is 0 Å². The highest BCUT2D eigenvalue weighted by Gasteiger charge is 2.21. The molecule has 2 aliphatic heterocycles. The number of para-hydroxylation sites is 1. The van der Waals surface area contributed by atoms with Gasteiger partial charge in [-0.15, -0.1) is 24.8 Å². The number of hydrogen-bond donors (Lipinski definition) is 2. The largest absolute Gasteiger partial charge is 0.324 e. The highest BCUT2D eigenvalue weighted by Crippen LogP contribution is 2.20. The van der Waals surface area contributed by atoms with Crippen LogP contribution in [-0.2, 0) is 11.3 Å². The lowest BCUT2D eigenvalue weighted by Crippen LogP contribution is -2.43. The van der Waals surface area contributed by atoms with Crippen LogP contribution in [0.4, 0.5) is 5.69 Å². The molecule has 2 fully saturated rings. The molecule has 1 atom stereocenters. The second-order valence-corrected chi connectivity index (χ2v) is 6.13. The summed E-state index contributed by atoms with van der Waals surface area (Å²) in [5.74, 6) is 0.114. The quantitative estimate of drug-likeness (QED) is 0.867. The summed E-state index contributed by atoms with van der Waals surface area (Å²) in [6, 6.07) is 8.17. The summed E-state index contributed by atoms with van der Waals surface area (Å²) in [4.78, 5) is 14.8. The lowest BCUT2D eigenvalue weighted by atomic mass is 10.0. The summed E-state index contributed by atoms with van der Waals surface area (Å²) in [6.45, 7) is 4.24. The normalized spacial score (nSPS) is 21.1. The highest BCUT2D eigenvalue weighted by atomic mass is 35.5. The molecule has 130 valence electrons. The monoisotopic (exact) mass is 359 g/mol. The minimum atomic E-state index is -0.0291. The van der Waals surface area contributed by atoms with Gasteiger partial charge in [0.2, 0.25) is 5.91 Å². The molecular weight excluding hydrogens is 333 g/mol. The summed E-state index contributed by atoms with van der Waals surface area (Å²) in [6.07, 6.45) is 5.84. The molecule has 0 saturated carbocycles. The molecule has 2 aliphatic rings. The maximum atomic E-state index is 12.4. The third-order valence-electron chi connectivity index (χ3n) is 4.49. The third kappa shape index (κ3) is 5.64. The molecule has 4 nitrogen and oxygen atoms in total. The average molecular weight is 360 g/mol. The third-order valence-corrected chi connectivity index (χ3v) is 4.49. The van der Waals surface area contributed by atoms with Crippen LogP contribution in [0.15, 0.2) is 24.3 Å². The van der Waals surface area contributed by atoms with Gasteiger partial charge >= 0.3 is 0 Å². The van der Waals surface area contributed by atoms with Gasteiger partial charge in [0.25, 0.3) is 0 Å². The first kappa shape index (κ1) is 20.2. The van der Waals surface area contributed by atoms with Gasteiger partial charge in [-0.2, -0.15) is 0 Å². The van der Waals surface area contributed by atoms with Crippen molar-refractivity contribution in [3.63, 3.8) is 0 Å². The molecule has 0 aliphatic carbocycles. The molecule has 1 aromatic rings. The van der Waals surface area contributed by atoms with Gasteiger partial charge in [-0.3, -0.25) is 9.69 Å². The minimum Gasteiger partial charge on any atom is -0.324 e. The Balaban J connectivity index is 0.00000132. The number of anilines is 1. The second kappa shape index (κ2) is 10.1. The van der Waals surface area contributed by atoms with Crippen LogP contribution in [0.2, 0.25) is 0 Å². The van der Waals surface area contributed by atoms with Crippen molar-refractivity contribution in [2.45, 2.75) is 44.7 Å². The molecular formula is C17H27Cl2N3O. The second-order valence-electron chi connectivity index (χ2n) is 6.13. The number of halogens is 2. The first-order valence-corrected chi connectivity index (χ1v) is 8.17. The highest BCUT2D eigenvalue weighted by molar-refractivity contribution is 5.95. The predicted octanol–water partition coefficient (Wildman–Crippen LogP) is 3.21. The Morgan fingerprint density at radius 1 is 1.13 bits per heavy atom. The number of nitrogens with one attached hydrogen (secondary N) is 2. The van der Waals surface area contributed by atoms with Gasteiger partial charge < -0.3 is 10.6 Å².